The lowest BCUT2D eigenvalue weighted by molar-refractivity contribution is -0.141. The molecule has 6 heteroatoms. The summed E-state index contributed by atoms with van der Waals surface area (Å²) in [6, 6.07) is 0.849. The molecule has 104 valence electrons. The SMILES string of the molecule is CC(C)(C)c1cc(C(=O)N2CCC[C@H]2C(=O)O)no1. The summed E-state index contributed by atoms with van der Waals surface area (Å²) in [6.07, 6.45) is 1.19. The minimum Gasteiger partial charge on any atom is -0.480 e. The molecule has 6 nitrogen and oxygen atoms in total. The zero-order valence-corrected chi connectivity index (χ0v) is 11.3. The molecular formula is C13H18N2O4. The molecule has 1 fully saturated rings. The number of hydrogen-bond donors (Lipinski definition) is 1. The molecule has 1 aliphatic heterocycles. The second kappa shape index (κ2) is 4.68. The molecule has 0 aliphatic carbocycles. The van der Waals surface area contributed by atoms with Crippen LogP contribution in [0.1, 0.15) is 49.9 Å². The Morgan fingerprint density at radius 2 is 2.16 bits per heavy atom. The highest BCUT2D eigenvalue weighted by Crippen LogP contribution is 2.25. The second-order valence-corrected chi connectivity index (χ2v) is 5.82. The van der Waals surface area contributed by atoms with Gasteiger partial charge in [0, 0.05) is 18.0 Å². The van der Waals surface area contributed by atoms with E-state index in [-0.39, 0.29) is 17.0 Å². The molecule has 19 heavy (non-hydrogen) atoms. The van der Waals surface area contributed by atoms with Crippen molar-refractivity contribution >= 4 is 11.9 Å². The van der Waals surface area contributed by atoms with E-state index in [1.165, 1.54) is 4.90 Å². The molecule has 0 unspecified atom stereocenters. The van der Waals surface area contributed by atoms with Gasteiger partial charge in [-0.1, -0.05) is 25.9 Å². The van der Waals surface area contributed by atoms with Crippen molar-refractivity contribution in [2.75, 3.05) is 6.54 Å². The maximum absolute atomic E-state index is 12.2. The van der Waals surface area contributed by atoms with Gasteiger partial charge in [-0.2, -0.15) is 0 Å². The van der Waals surface area contributed by atoms with Crippen LogP contribution in [0, 0.1) is 0 Å². The maximum atomic E-state index is 12.2. The van der Waals surface area contributed by atoms with E-state index in [1.54, 1.807) is 6.07 Å². The predicted octanol–water partition coefficient (Wildman–Crippen LogP) is 1.66. The number of amides is 1. The van der Waals surface area contributed by atoms with Crippen molar-refractivity contribution in [3.8, 4) is 0 Å². The smallest absolute Gasteiger partial charge is 0.326 e. The number of rotatable bonds is 2. The molecule has 1 saturated heterocycles. The minimum atomic E-state index is -0.967. The highest BCUT2D eigenvalue weighted by molar-refractivity contribution is 5.95. The van der Waals surface area contributed by atoms with Gasteiger partial charge in [0.15, 0.2) is 5.69 Å². The molecule has 0 radical (unpaired) electrons. The Kier molecular flexibility index (Phi) is 3.34. The third-order valence-corrected chi connectivity index (χ3v) is 3.27. The molecule has 1 atom stereocenters. The van der Waals surface area contributed by atoms with Gasteiger partial charge in [0.1, 0.15) is 11.8 Å². The maximum Gasteiger partial charge on any atom is 0.326 e. The lowest BCUT2D eigenvalue weighted by atomic mass is 9.93. The van der Waals surface area contributed by atoms with Crippen LogP contribution in [-0.4, -0.2) is 39.6 Å². The number of hydrogen-bond acceptors (Lipinski definition) is 4. The number of carboxylic acids is 1. The monoisotopic (exact) mass is 266 g/mol. The van der Waals surface area contributed by atoms with E-state index in [4.69, 9.17) is 9.63 Å². The molecule has 1 aromatic heterocycles. The van der Waals surface area contributed by atoms with Gasteiger partial charge in [-0.05, 0) is 12.8 Å². The Labute approximate surface area is 111 Å². The first-order chi connectivity index (χ1) is 8.80. The first-order valence-corrected chi connectivity index (χ1v) is 6.31. The number of carbonyl (C=O) groups excluding carboxylic acids is 1. The first kappa shape index (κ1) is 13.6. The highest BCUT2D eigenvalue weighted by Gasteiger charge is 2.36. The Hall–Kier alpha value is -1.85. The van der Waals surface area contributed by atoms with Crippen molar-refractivity contribution in [2.45, 2.75) is 45.1 Å². The molecule has 0 aromatic carbocycles. The zero-order chi connectivity index (χ0) is 14.2. The van der Waals surface area contributed by atoms with Gasteiger partial charge < -0.3 is 14.5 Å². The standard InChI is InChI=1S/C13H18N2O4/c1-13(2,3)10-7-8(14-19-10)11(16)15-6-4-5-9(15)12(17)18/h7,9H,4-6H2,1-3H3,(H,17,18)/t9-/m0/s1. The van der Waals surface area contributed by atoms with Crippen LogP contribution in [0.15, 0.2) is 10.6 Å². The van der Waals surface area contributed by atoms with Crippen LogP contribution >= 0.6 is 0 Å². The van der Waals surface area contributed by atoms with E-state index in [0.29, 0.717) is 25.1 Å². The van der Waals surface area contributed by atoms with E-state index in [0.717, 1.165) is 0 Å². The summed E-state index contributed by atoms with van der Waals surface area (Å²) in [5.74, 6) is -0.725. The molecule has 1 aromatic rings. The third kappa shape index (κ3) is 2.62. The average molecular weight is 266 g/mol. The largest absolute Gasteiger partial charge is 0.480 e. The van der Waals surface area contributed by atoms with Crippen LogP contribution in [0.2, 0.25) is 0 Å². The Morgan fingerprint density at radius 1 is 1.47 bits per heavy atom. The highest BCUT2D eigenvalue weighted by atomic mass is 16.5. The summed E-state index contributed by atoms with van der Waals surface area (Å²) >= 11 is 0. The van der Waals surface area contributed by atoms with Crippen LogP contribution in [0.4, 0.5) is 0 Å². The Balaban J connectivity index is 2.20. The Morgan fingerprint density at radius 3 is 2.68 bits per heavy atom. The van der Waals surface area contributed by atoms with Gasteiger partial charge in [0.2, 0.25) is 0 Å². The Bertz CT molecular complexity index is 501. The van der Waals surface area contributed by atoms with Crippen molar-refractivity contribution < 1.29 is 19.2 Å². The second-order valence-electron chi connectivity index (χ2n) is 5.82. The fourth-order valence-electron chi connectivity index (χ4n) is 2.14. The fraction of sp³-hybridized carbons (Fsp3) is 0.615. The van der Waals surface area contributed by atoms with Crippen molar-refractivity contribution in [3.05, 3.63) is 17.5 Å². The topological polar surface area (TPSA) is 83.6 Å². The van der Waals surface area contributed by atoms with Gasteiger partial charge in [0.05, 0.1) is 0 Å². The zero-order valence-electron chi connectivity index (χ0n) is 11.3. The number of carbonyl (C=O) groups is 2. The molecule has 0 spiro atoms. The molecule has 0 saturated carbocycles. The fourth-order valence-corrected chi connectivity index (χ4v) is 2.14. The molecule has 0 bridgehead atoms. The van der Waals surface area contributed by atoms with Gasteiger partial charge in [-0.3, -0.25) is 4.79 Å². The summed E-state index contributed by atoms with van der Waals surface area (Å²) in [7, 11) is 0. The summed E-state index contributed by atoms with van der Waals surface area (Å²) < 4.78 is 5.16. The van der Waals surface area contributed by atoms with Crippen LogP contribution in [0.5, 0.6) is 0 Å². The average Bonchev–Trinajstić information content (AvgIpc) is 2.96. The molecule has 1 aliphatic rings. The number of nitrogens with zero attached hydrogens (tertiary/aromatic N) is 2. The van der Waals surface area contributed by atoms with Crippen molar-refractivity contribution in [2.24, 2.45) is 0 Å². The number of aromatic nitrogens is 1. The summed E-state index contributed by atoms with van der Waals surface area (Å²) in [5.41, 5.74) is -0.0546. The van der Waals surface area contributed by atoms with Crippen LogP contribution in [0.25, 0.3) is 0 Å². The molecule has 2 heterocycles. The summed E-state index contributed by atoms with van der Waals surface area (Å²) in [4.78, 5) is 24.7. The van der Waals surface area contributed by atoms with Crippen molar-refractivity contribution in [1.82, 2.24) is 10.1 Å². The quantitative estimate of drug-likeness (QED) is 0.880. The molecular weight excluding hydrogens is 248 g/mol. The number of carboxylic acid groups (broad SMARTS) is 1. The van der Waals surface area contributed by atoms with Gasteiger partial charge in [0.25, 0.3) is 5.91 Å². The van der Waals surface area contributed by atoms with Crippen LogP contribution in [0.3, 0.4) is 0 Å². The minimum absolute atomic E-state index is 0.179. The molecule has 1 N–H and O–H groups in total. The van der Waals surface area contributed by atoms with Crippen molar-refractivity contribution in [3.63, 3.8) is 0 Å². The number of likely N-dealkylation sites (tertiary alicyclic amines) is 1. The van der Waals surface area contributed by atoms with Crippen LogP contribution in [-0.2, 0) is 10.2 Å². The van der Waals surface area contributed by atoms with E-state index < -0.39 is 12.0 Å². The van der Waals surface area contributed by atoms with Gasteiger partial charge in [-0.25, -0.2) is 4.79 Å². The summed E-state index contributed by atoms with van der Waals surface area (Å²) in [5, 5.41) is 12.8. The van der Waals surface area contributed by atoms with Gasteiger partial charge in [-0.15, -0.1) is 0 Å². The van der Waals surface area contributed by atoms with Crippen LogP contribution < -0.4 is 0 Å². The normalized spacial score (nSPS) is 19.7. The summed E-state index contributed by atoms with van der Waals surface area (Å²) in [6.45, 7) is 6.32. The molecule has 1 amide bonds. The number of aliphatic carboxylic acids is 1. The van der Waals surface area contributed by atoms with E-state index in [1.807, 2.05) is 20.8 Å². The lowest BCUT2D eigenvalue weighted by Gasteiger charge is -2.19. The third-order valence-electron chi connectivity index (χ3n) is 3.27. The van der Waals surface area contributed by atoms with E-state index in [2.05, 4.69) is 5.16 Å². The van der Waals surface area contributed by atoms with Crippen molar-refractivity contribution in [1.29, 1.82) is 0 Å². The first-order valence-electron chi connectivity index (χ1n) is 6.31. The predicted molar refractivity (Wildman–Crippen MR) is 66.9 cm³/mol. The lowest BCUT2D eigenvalue weighted by Crippen LogP contribution is -2.40. The van der Waals surface area contributed by atoms with Gasteiger partial charge >= 0.3 is 5.97 Å². The molecule has 2 rings (SSSR count). The van der Waals surface area contributed by atoms with E-state index in [9.17, 15) is 9.59 Å². The van der Waals surface area contributed by atoms with E-state index >= 15 is 0 Å².